The maximum atomic E-state index is 10.7. The normalized spacial score (nSPS) is 22.9. The molecule has 0 saturated carbocycles. The van der Waals surface area contributed by atoms with Crippen molar-refractivity contribution in [3.63, 3.8) is 0 Å². The van der Waals surface area contributed by atoms with Crippen LogP contribution < -0.4 is 11.1 Å². The molecule has 2 atom stereocenters. The van der Waals surface area contributed by atoms with Gasteiger partial charge in [0, 0.05) is 12.4 Å². The van der Waals surface area contributed by atoms with E-state index in [2.05, 4.69) is 10.4 Å². The Morgan fingerprint density at radius 1 is 1.86 bits per heavy atom. The van der Waals surface area contributed by atoms with E-state index in [0.29, 0.717) is 13.1 Å². The van der Waals surface area contributed by atoms with E-state index >= 15 is 0 Å². The Balaban J connectivity index is 1.89. The van der Waals surface area contributed by atoms with Crippen LogP contribution in [0.15, 0.2) is 18.5 Å². The first-order chi connectivity index (χ1) is 6.75. The molecule has 0 radical (unpaired) electrons. The van der Waals surface area contributed by atoms with Gasteiger partial charge in [0.2, 0.25) is 0 Å². The Morgan fingerprint density at radius 3 is 3.29 bits per heavy atom. The number of hydrogen-bond acceptors (Lipinski definition) is 4. The van der Waals surface area contributed by atoms with Gasteiger partial charge in [-0.15, -0.1) is 0 Å². The zero-order valence-corrected chi connectivity index (χ0v) is 7.59. The molecule has 76 valence electrons. The highest BCUT2D eigenvalue weighted by Crippen LogP contribution is 2.05. The molecule has 0 aliphatic carbocycles. The monoisotopic (exact) mass is 196 g/mol. The summed E-state index contributed by atoms with van der Waals surface area (Å²) in [6, 6.07) is 1.60. The Morgan fingerprint density at radius 2 is 2.71 bits per heavy atom. The van der Waals surface area contributed by atoms with Crippen LogP contribution in [0.25, 0.3) is 0 Å². The minimum atomic E-state index is -0.397. The summed E-state index contributed by atoms with van der Waals surface area (Å²) in [5, 5.41) is 6.58. The Kier molecular flexibility index (Phi) is 2.36. The lowest BCUT2D eigenvalue weighted by Gasteiger charge is -2.16. The SMILES string of the molecule is N[C@H](Cn1cccn1)[C@H]1CNC(=O)O1. The highest BCUT2D eigenvalue weighted by molar-refractivity contribution is 5.69. The van der Waals surface area contributed by atoms with Crippen molar-refractivity contribution in [1.29, 1.82) is 0 Å². The lowest BCUT2D eigenvalue weighted by Crippen LogP contribution is -2.40. The molecule has 0 bridgehead atoms. The number of amides is 1. The maximum absolute atomic E-state index is 10.7. The number of carbonyl (C=O) groups is 1. The molecule has 1 aliphatic heterocycles. The van der Waals surface area contributed by atoms with Crippen LogP contribution in [0.3, 0.4) is 0 Å². The minimum absolute atomic E-state index is 0.228. The second-order valence-corrected chi connectivity index (χ2v) is 3.22. The van der Waals surface area contributed by atoms with Gasteiger partial charge in [0.1, 0.15) is 6.10 Å². The van der Waals surface area contributed by atoms with Gasteiger partial charge >= 0.3 is 6.09 Å². The molecular weight excluding hydrogens is 184 g/mol. The molecule has 3 N–H and O–H groups in total. The lowest BCUT2D eigenvalue weighted by atomic mass is 10.2. The summed E-state index contributed by atoms with van der Waals surface area (Å²) in [7, 11) is 0. The highest BCUT2D eigenvalue weighted by atomic mass is 16.6. The summed E-state index contributed by atoms with van der Waals surface area (Å²) in [5.41, 5.74) is 5.85. The molecule has 1 aliphatic rings. The van der Waals surface area contributed by atoms with Crippen LogP contribution >= 0.6 is 0 Å². The first-order valence-electron chi connectivity index (χ1n) is 4.43. The lowest BCUT2D eigenvalue weighted by molar-refractivity contribution is 0.121. The minimum Gasteiger partial charge on any atom is -0.443 e. The smallest absolute Gasteiger partial charge is 0.407 e. The number of nitrogens with one attached hydrogen (secondary N) is 1. The van der Waals surface area contributed by atoms with E-state index in [1.54, 1.807) is 10.9 Å². The zero-order valence-electron chi connectivity index (χ0n) is 7.59. The van der Waals surface area contributed by atoms with Gasteiger partial charge in [0.05, 0.1) is 19.1 Å². The number of alkyl carbamates (subject to hydrolysis) is 1. The first kappa shape index (κ1) is 9.01. The number of nitrogens with two attached hydrogens (primary N) is 1. The molecule has 2 rings (SSSR count). The third kappa shape index (κ3) is 1.85. The van der Waals surface area contributed by atoms with Crippen molar-refractivity contribution in [2.75, 3.05) is 6.54 Å². The third-order valence-electron chi connectivity index (χ3n) is 2.14. The van der Waals surface area contributed by atoms with E-state index in [-0.39, 0.29) is 12.1 Å². The van der Waals surface area contributed by atoms with Crippen molar-refractivity contribution in [1.82, 2.24) is 15.1 Å². The Bertz CT molecular complexity index is 311. The van der Waals surface area contributed by atoms with Crippen molar-refractivity contribution in [2.24, 2.45) is 5.73 Å². The van der Waals surface area contributed by atoms with Gasteiger partial charge in [-0.2, -0.15) is 5.10 Å². The summed E-state index contributed by atoms with van der Waals surface area (Å²) in [4.78, 5) is 10.7. The van der Waals surface area contributed by atoms with Crippen molar-refractivity contribution in [3.05, 3.63) is 18.5 Å². The van der Waals surface area contributed by atoms with E-state index in [4.69, 9.17) is 10.5 Å². The Labute approximate surface area is 81.0 Å². The Hall–Kier alpha value is -1.56. The van der Waals surface area contributed by atoms with Gasteiger partial charge in [-0.1, -0.05) is 0 Å². The van der Waals surface area contributed by atoms with Gasteiger partial charge in [0.25, 0.3) is 0 Å². The van der Waals surface area contributed by atoms with E-state index < -0.39 is 6.09 Å². The van der Waals surface area contributed by atoms with Crippen LogP contribution in [0.5, 0.6) is 0 Å². The average Bonchev–Trinajstić information content (AvgIpc) is 2.75. The van der Waals surface area contributed by atoms with E-state index in [1.165, 1.54) is 0 Å². The van der Waals surface area contributed by atoms with E-state index in [1.807, 2.05) is 12.3 Å². The molecule has 1 amide bonds. The second-order valence-electron chi connectivity index (χ2n) is 3.22. The number of nitrogens with zero attached hydrogens (tertiary/aromatic N) is 2. The van der Waals surface area contributed by atoms with Crippen LogP contribution in [0.4, 0.5) is 4.79 Å². The highest BCUT2D eigenvalue weighted by Gasteiger charge is 2.28. The number of cyclic esters (lactones) is 1. The van der Waals surface area contributed by atoms with E-state index in [0.717, 1.165) is 0 Å². The standard InChI is InChI=1S/C8H12N4O2/c9-6(5-12-3-1-2-11-12)7-4-10-8(13)14-7/h1-3,6-7H,4-5,9H2,(H,10,13)/t6-,7-/m1/s1. The summed E-state index contributed by atoms with van der Waals surface area (Å²) >= 11 is 0. The molecule has 2 heterocycles. The summed E-state index contributed by atoms with van der Waals surface area (Å²) in [6.07, 6.45) is 2.85. The summed E-state index contributed by atoms with van der Waals surface area (Å²) in [6.45, 7) is 1.02. The van der Waals surface area contributed by atoms with Gasteiger partial charge in [0.15, 0.2) is 0 Å². The fraction of sp³-hybridized carbons (Fsp3) is 0.500. The average molecular weight is 196 g/mol. The van der Waals surface area contributed by atoms with Gasteiger partial charge < -0.3 is 15.8 Å². The van der Waals surface area contributed by atoms with Crippen LogP contribution in [0, 0.1) is 0 Å². The van der Waals surface area contributed by atoms with E-state index in [9.17, 15) is 4.79 Å². The molecule has 0 aromatic carbocycles. The topological polar surface area (TPSA) is 82.2 Å². The fourth-order valence-corrected chi connectivity index (χ4v) is 1.39. The fourth-order valence-electron chi connectivity index (χ4n) is 1.39. The van der Waals surface area contributed by atoms with Gasteiger partial charge in [-0.05, 0) is 6.07 Å². The van der Waals surface area contributed by atoms with Crippen molar-refractivity contribution >= 4 is 6.09 Å². The van der Waals surface area contributed by atoms with Crippen LogP contribution in [-0.4, -0.2) is 34.6 Å². The van der Waals surface area contributed by atoms with Crippen LogP contribution in [0.1, 0.15) is 0 Å². The second kappa shape index (κ2) is 3.67. The molecule has 1 fully saturated rings. The predicted octanol–water partition coefficient (Wildman–Crippen LogP) is -0.681. The van der Waals surface area contributed by atoms with Crippen molar-refractivity contribution in [2.45, 2.75) is 18.7 Å². The maximum Gasteiger partial charge on any atom is 0.407 e. The molecule has 1 aromatic rings. The third-order valence-corrected chi connectivity index (χ3v) is 2.14. The molecular formula is C8H12N4O2. The zero-order chi connectivity index (χ0) is 9.97. The summed E-state index contributed by atoms with van der Waals surface area (Å²) < 4.78 is 6.67. The van der Waals surface area contributed by atoms with Crippen molar-refractivity contribution < 1.29 is 9.53 Å². The van der Waals surface area contributed by atoms with Crippen LogP contribution in [0.2, 0.25) is 0 Å². The molecule has 0 spiro atoms. The van der Waals surface area contributed by atoms with Crippen molar-refractivity contribution in [3.8, 4) is 0 Å². The number of hydrogen-bond donors (Lipinski definition) is 2. The first-order valence-corrected chi connectivity index (χ1v) is 4.43. The van der Waals surface area contributed by atoms with Gasteiger partial charge in [-0.25, -0.2) is 4.79 Å². The number of aromatic nitrogens is 2. The molecule has 14 heavy (non-hydrogen) atoms. The van der Waals surface area contributed by atoms with Crippen LogP contribution in [-0.2, 0) is 11.3 Å². The molecule has 6 nitrogen and oxygen atoms in total. The molecule has 6 heteroatoms. The number of carbonyl (C=O) groups excluding carboxylic acids is 1. The number of ether oxygens (including phenoxy) is 1. The summed E-state index contributed by atoms with van der Waals surface area (Å²) in [5.74, 6) is 0. The molecule has 1 aromatic heterocycles. The quantitative estimate of drug-likeness (QED) is 0.671. The number of rotatable bonds is 3. The predicted molar refractivity (Wildman–Crippen MR) is 48.5 cm³/mol. The largest absolute Gasteiger partial charge is 0.443 e. The van der Waals surface area contributed by atoms with Gasteiger partial charge in [-0.3, -0.25) is 4.68 Å². The molecule has 0 unspecified atom stereocenters. The molecule has 1 saturated heterocycles.